The van der Waals surface area contributed by atoms with Gasteiger partial charge in [0.15, 0.2) is 15.5 Å². The number of sulfone groups is 1. The summed E-state index contributed by atoms with van der Waals surface area (Å²) >= 11 is 0. The van der Waals surface area contributed by atoms with Crippen LogP contribution in [0.15, 0.2) is 39.4 Å². The van der Waals surface area contributed by atoms with Crippen molar-refractivity contribution in [1.29, 1.82) is 0 Å². The second-order valence-corrected chi connectivity index (χ2v) is 5.47. The number of aliphatic carboxylic acids is 1. The Labute approximate surface area is 109 Å². The summed E-state index contributed by atoms with van der Waals surface area (Å²) < 4.78 is 22.4. The molecule has 1 rings (SSSR count). The Kier molecular flexibility index (Phi) is 4.59. The zero-order valence-corrected chi connectivity index (χ0v) is 10.6. The van der Waals surface area contributed by atoms with Gasteiger partial charge in [0.05, 0.1) is 10.6 Å². The van der Waals surface area contributed by atoms with Crippen LogP contribution in [0.5, 0.6) is 0 Å². The molecule has 1 aromatic rings. The number of nitrogens with zero attached hydrogens (tertiary/aromatic N) is 2. The van der Waals surface area contributed by atoms with E-state index in [1.165, 1.54) is 24.3 Å². The highest BCUT2D eigenvalue weighted by atomic mass is 32.2. The Hall–Kier alpha value is -2.42. The lowest BCUT2D eigenvalue weighted by Crippen LogP contribution is -2.16. The van der Waals surface area contributed by atoms with Crippen molar-refractivity contribution in [3.63, 3.8) is 0 Å². The molecule has 0 aliphatic rings. The first-order valence-electron chi connectivity index (χ1n) is 4.89. The van der Waals surface area contributed by atoms with Gasteiger partial charge in [-0.05, 0) is 24.3 Å². The van der Waals surface area contributed by atoms with Crippen molar-refractivity contribution in [1.82, 2.24) is 0 Å². The number of rotatable bonds is 5. The molecule has 0 aliphatic carbocycles. The highest BCUT2D eigenvalue weighted by Gasteiger charge is 2.08. The van der Waals surface area contributed by atoms with Crippen LogP contribution in [0.3, 0.4) is 0 Å². The minimum Gasteiger partial charge on any atom is -0.476 e. The van der Waals surface area contributed by atoms with Gasteiger partial charge in [-0.15, -0.1) is 0 Å². The fourth-order valence-electron chi connectivity index (χ4n) is 1.09. The molecular formula is C10H11N3O5S. The van der Waals surface area contributed by atoms with Gasteiger partial charge in [-0.2, -0.15) is 5.10 Å². The Morgan fingerprint density at radius 1 is 1.32 bits per heavy atom. The molecule has 8 nitrogen and oxygen atoms in total. The number of anilines is 1. The van der Waals surface area contributed by atoms with Gasteiger partial charge in [0.25, 0.3) is 0 Å². The second kappa shape index (κ2) is 5.96. The molecular weight excluding hydrogens is 274 g/mol. The van der Waals surface area contributed by atoms with Crippen LogP contribution >= 0.6 is 0 Å². The molecule has 1 aromatic carbocycles. The summed E-state index contributed by atoms with van der Waals surface area (Å²) in [5.74, 6) is -1.38. The van der Waals surface area contributed by atoms with E-state index in [1.54, 1.807) is 0 Å². The Balaban J connectivity index is 2.90. The number of hydrogen-bond donors (Lipinski definition) is 3. The molecule has 0 unspecified atom stereocenters. The molecule has 0 amide bonds. The standard InChI is InChI=1S/C10H11N3O5S/c1-19(17,18)8-4-2-7(3-5-8)12-13-9(6-11-16)10(14)15/h2-6,12,16H,1H3,(H,14,15)/b11-6+,13-9+. The van der Waals surface area contributed by atoms with Gasteiger partial charge in [-0.1, -0.05) is 5.16 Å². The third kappa shape index (κ3) is 4.39. The number of benzene rings is 1. The predicted octanol–water partition coefficient (Wildman–Crippen LogP) is 0.403. The SMILES string of the molecule is CS(=O)(=O)c1ccc(N/N=C(\C=N\O)C(=O)O)cc1. The lowest BCUT2D eigenvalue weighted by Gasteiger charge is -2.02. The Morgan fingerprint density at radius 2 is 1.89 bits per heavy atom. The lowest BCUT2D eigenvalue weighted by molar-refractivity contribution is -0.129. The van der Waals surface area contributed by atoms with E-state index >= 15 is 0 Å². The minimum absolute atomic E-state index is 0.136. The molecule has 0 spiro atoms. The van der Waals surface area contributed by atoms with Crippen LogP contribution in [0.25, 0.3) is 0 Å². The summed E-state index contributed by atoms with van der Waals surface area (Å²) in [4.78, 5) is 10.8. The van der Waals surface area contributed by atoms with Gasteiger partial charge in [0, 0.05) is 6.26 Å². The van der Waals surface area contributed by atoms with Crippen molar-refractivity contribution < 1.29 is 23.5 Å². The summed E-state index contributed by atoms with van der Waals surface area (Å²) in [6.07, 6.45) is 1.73. The highest BCUT2D eigenvalue weighted by Crippen LogP contribution is 2.13. The van der Waals surface area contributed by atoms with Crippen molar-refractivity contribution in [3.8, 4) is 0 Å². The maximum absolute atomic E-state index is 11.2. The molecule has 0 atom stereocenters. The Morgan fingerprint density at radius 3 is 2.32 bits per heavy atom. The van der Waals surface area contributed by atoms with Crippen molar-refractivity contribution >= 4 is 33.4 Å². The first-order valence-corrected chi connectivity index (χ1v) is 6.78. The van der Waals surface area contributed by atoms with Gasteiger partial charge in [-0.3, -0.25) is 5.43 Å². The smallest absolute Gasteiger partial charge is 0.358 e. The average Bonchev–Trinajstić information content (AvgIpc) is 2.33. The molecule has 0 saturated carbocycles. The van der Waals surface area contributed by atoms with E-state index in [2.05, 4.69) is 15.7 Å². The average molecular weight is 285 g/mol. The Bertz CT molecular complexity index is 619. The molecule has 9 heteroatoms. The van der Waals surface area contributed by atoms with E-state index in [0.717, 1.165) is 6.26 Å². The monoisotopic (exact) mass is 285 g/mol. The van der Waals surface area contributed by atoms with Crippen molar-refractivity contribution in [2.24, 2.45) is 10.3 Å². The quantitative estimate of drug-likeness (QED) is 0.408. The van der Waals surface area contributed by atoms with Crippen LogP contribution in [0.4, 0.5) is 5.69 Å². The minimum atomic E-state index is -3.28. The van der Waals surface area contributed by atoms with Gasteiger partial charge in [0.1, 0.15) is 6.21 Å². The summed E-state index contributed by atoms with van der Waals surface area (Å²) in [6.45, 7) is 0. The molecule has 0 bridgehead atoms. The van der Waals surface area contributed by atoms with E-state index in [9.17, 15) is 13.2 Å². The van der Waals surface area contributed by atoms with E-state index < -0.39 is 21.5 Å². The topological polar surface area (TPSA) is 128 Å². The zero-order chi connectivity index (χ0) is 14.5. The van der Waals surface area contributed by atoms with E-state index in [-0.39, 0.29) is 4.90 Å². The third-order valence-electron chi connectivity index (χ3n) is 1.99. The van der Waals surface area contributed by atoms with E-state index in [0.29, 0.717) is 11.9 Å². The summed E-state index contributed by atoms with van der Waals surface area (Å²) in [5.41, 5.74) is 2.28. The molecule has 0 aliphatic heterocycles. The number of carboxylic acid groups (broad SMARTS) is 1. The van der Waals surface area contributed by atoms with Crippen LogP contribution in [0.2, 0.25) is 0 Å². The molecule has 102 valence electrons. The predicted molar refractivity (Wildman–Crippen MR) is 68.5 cm³/mol. The number of carbonyl (C=O) groups is 1. The molecule has 0 fully saturated rings. The number of oxime groups is 1. The molecule has 0 saturated heterocycles. The maximum atomic E-state index is 11.2. The van der Waals surface area contributed by atoms with Crippen LogP contribution < -0.4 is 5.43 Å². The van der Waals surface area contributed by atoms with Crippen LogP contribution in [0, 0.1) is 0 Å². The number of hydrogen-bond acceptors (Lipinski definition) is 7. The van der Waals surface area contributed by atoms with Gasteiger partial charge in [-0.25, -0.2) is 13.2 Å². The van der Waals surface area contributed by atoms with Gasteiger partial charge < -0.3 is 10.3 Å². The lowest BCUT2D eigenvalue weighted by atomic mass is 10.3. The summed E-state index contributed by atoms with van der Waals surface area (Å²) in [5, 5.41) is 23.0. The number of nitrogens with one attached hydrogen (secondary N) is 1. The molecule has 0 aromatic heterocycles. The molecule has 3 N–H and O–H groups in total. The van der Waals surface area contributed by atoms with E-state index in [1.807, 2.05) is 0 Å². The molecule has 19 heavy (non-hydrogen) atoms. The fraction of sp³-hybridized carbons (Fsp3) is 0.100. The summed E-state index contributed by atoms with van der Waals surface area (Å²) in [6, 6.07) is 5.56. The first kappa shape index (κ1) is 14.6. The first-order chi connectivity index (χ1) is 8.84. The fourth-order valence-corrected chi connectivity index (χ4v) is 1.72. The van der Waals surface area contributed by atoms with Crippen molar-refractivity contribution in [2.45, 2.75) is 4.90 Å². The van der Waals surface area contributed by atoms with Crippen LogP contribution in [-0.4, -0.2) is 42.9 Å². The number of hydrazone groups is 1. The molecule has 0 heterocycles. The van der Waals surface area contributed by atoms with Crippen molar-refractivity contribution in [2.75, 3.05) is 11.7 Å². The van der Waals surface area contributed by atoms with Gasteiger partial charge >= 0.3 is 5.97 Å². The summed E-state index contributed by atoms with van der Waals surface area (Å²) in [7, 11) is -3.28. The number of carboxylic acids is 1. The van der Waals surface area contributed by atoms with Crippen LogP contribution in [0.1, 0.15) is 0 Å². The normalized spacial score (nSPS) is 12.6. The van der Waals surface area contributed by atoms with Gasteiger partial charge in [0.2, 0.25) is 0 Å². The molecule has 0 radical (unpaired) electrons. The largest absolute Gasteiger partial charge is 0.476 e. The van der Waals surface area contributed by atoms with E-state index in [4.69, 9.17) is 10.3 Å². The second-order valence-electron chi connectivity index (χ2n) is 3.46. The highest BCUT2D eigenvalue weighted by molar-refractivity contribution is 7.90. The van der Waals surface area contributed by atoms with Crippen molar-refractivity contribution in [3.05, 3.63) is 24.3 Å². The zero-order valence-electron chi connectivity index (χ0n) is 9.81. The third-order valence-corrected chi connectivity index (χ3v) is 3.12. The van der Waals surface area contributed by atoms with Crippen LogP contribution in [-0.2, 0) is 14.6 Å². The maximum Gasteiger partial charge on any atom is 0.358 e.